The predicted octanol–water partition coefficient (Wildman–Crippen LogP) is 2.60. The number of nitrogens with zero attached hydrogens (tertiary/aromatic N) is 1. The molecule has 0 aliphatic rings. The van der Waals surface area contributed by atoms with Crippen LogP contribution in [0.4, 0.5) is 10.1 Å². The van der Waals surface area contributed by atoms with E-state index in [4.69, 9.17) is 5.11 Å². The Morgan fingerprint density at radius 1 is 1.21 bits per heavy atom. The Balaban J connectivity index is 3.19. The summed E-state index contributed by atoms with van der Waals surface area (Å²) >= 11 is 0. The number of hydrogen-bond acceptors (Lipinski definition) is 2. The van der Waals surface area contributed by atoms with Crippen LogP contribution >= 0.6 is 0 Å². The molecule has 0 atom stereocenters. The molecule has 4 nitrogen and oxygen atoms in total. The van der Waals surface area contributed by atoms with E-state index in [9.17, 15) is 14.0 Å². The molecule has 0 spiro atoms. The smallest absolute Gasteiger partial charge is 0.331 e. The minimum Gasteiger partial charge on any atom is -0.478 e. The Labute approximate surface area is 111 Å². The summed E-state index contributed by atoms with van der Waals surface area (Å²) in [6, 6.07) is 5.90. The Morgan fingerprint density at radius 3 is 2.26 bits per heavy atom. The van der Waals surface area contributed by atoms with Crippen LogP contribution in [0.2, 0.25) is 0 Å². The summed E-state index contributed by atoms with van der Waals surface area (Å²) < 4.78 is 13.7. The zero-order chi connectivity index (χ0) is 14.6. The van der Waals surface area contributed by atoms with Gasteiger partial charge in [0.15, 0.2) is 0 Å². The summed E-state index contributed by atoms with van der Waals surface area (Å²) in [6.07, 6.45) is 0. The monoisotopic (exact) mass is 265 g/mol. The van der Waals surface area contributed by atoms with E-state index in [1.807, 2.05) is 0 Å². The molecule has 0 saturated carbocycles. The number of rotatable bonds is 4. The van der Waals surface area contributed by atoms with Crippen molar-refractivity contribution in [1.29, 1.82) is 0 Å². The topological polar surface area (TPSA) is 57.6 Å². The van der Waals surface area contributed by atoms with Crippen molar-refractivity contribution in [2.24, 2.45) is 0 Å². The molecule has 1 aromatic carbocycles. The molecule has 1 amide bonds. The zero-order valence-electron chi connectivity index (χ0n) is 11.1. The molecule has 1 N–H and O–H groups in total. The number of carbonyl (C=O) groups is 2. The van der Waals surface area contributed by atoms with E-state index in [1.165, 1.54) is 36.9 Å². The Kier molecular flexibility index (Phi) is 4.80. The summed E-state index contributed by atoms with van der Waals surface area (Å²) in [5, 5.41) is 8.88. The van der Waals surface area contributed by atoms with Crippen LogP contribution in [0.3, 0.4) is 0 Å². The number of halogens is 1. The second kappa shape index (κ2) is 6.13. The van der Waals surface area contributed by atoms with Gasteiger partial charge in [-0.25, -0.2) is 9.18 Å². The number of anilines is 1. The molecule has 0 aliphatic carbocycles. The average molecular weight is 265 g/mol. The highest BCUT2D eigenvalue weighted by atomic mass is 19.1. The predicted molar refractivity (Wildman–Crippen MR) is 70.4 cm³/mol. The zero-order valence-corrected chi connectivity index (χ0v) is 11.1. The van der Waals surface area contributed by atoms with Gasteiger partial charge in [0, 0.05) is 17.7 Å². The Morgan fingerprint density at radius 2 is 1.79 bits per heavy atom. The van der Waals surface area contributed by atoms with Gasteiger partial charge >= 0.3 is 5.97 Å². The summed E-state index contributed by atoms with van der Waals surface area (Å²) in [4.78, 5) is 24.3. The molecule has 0 aromatic heterocycles. The van der Waals surface area contributed by atoms with E-state index in [0.717, 1.165) is 0 Å². The number of para-hydroxylation sites is 1. The first-order valence-corrected chi connectivity index (χ1v) is 5.87. The highest BCUT2D eigenvalue weighted by Crippen LogP contribution is 2.21. The lowest BCUT2D eigenvalue weighted by Gasteiger charge is -2.22. The lowest BCUT2D eigenvalue weighted by atomic mass is 10.1. The number of hydrogen-bond donors (Lipinski definition) is 1. The fraction of sp³-hybridized carbons (Fsp3) is 0.286. The number of likely N-dealkylation sites (N-methyl/N-ethyl adjacent to an activating group) is 1. The van der Waals surface area contributed by atoms with Crippen LogP contribution in [0, 0.1) is 5.82 Å². The first-order valence-electron chi connectivity index (χ1n) is 5.87. The van der Waals surface area contributed by atoms with Gasteiger partial charge in [-0.15, -0.1) is 0 Å². The van der Waals surface area contributed by atoms with Crippen LogP contribution in [0.15, 0.2) is 35.4 Å². The standard InChI is InChI=1S/C14H16FNO3/c1-4-16(12-8-6-5-7-11(12)15)13(17)9(2)10(3)14(18)19/h5-8H,4H2,1-3H3,(H,18,19). The van der Waals surface area contributed by atoms with Crippen molar-refractivity contribution in [3.8, 4) is 0 Å². The average Bonchev–Trinajstić information content (AvgIpc) is 2.39. The molecule has 102 valence electrons. The van der Waals surface area contributed by atoms with Gasteiger partial charge in [-0.1, -0.05) is 12.1 Å². The van der Waals surface area contributed by atoms with Gasteiger partial charge in [-0.2, -0.15) is 0 Å². The molecule has 1 aromatic rings. The molecule has 5 heteroatoms. The molecule has 19 heavy (non-hydrogen) atoms. The number of amides is 1. The Bertz CT molecular complexity index is 537. The van der Waals surface area contributed by atoms with Gasteiger partial charge in [-0.3, -0.25) is 4.79 Å². The quantitative estimate of drug-likeness (QED) is 0.851. The first kappa shape index (κ1) is 14.9. The van der Waals surface area contributed by atoms with E-state index in [1.54, 1.807) is 13.0 Å². The number of carboxylic acid groups (broad SMARTS) is 1. The van der Waals surface area contributed by atoms with Gasteiger partial charge in [-0.05, 0) is 32.9 Å². The summed E-state index contributed by atoms with van der Waals surface area (Å²) in [6.45, 7) is 4.73. The van der Waals surface area contributed by atoms with Crippen molar-refractivity contribution in [3.63, 3.8) is 0 Å². The molecule has 0 fully saturated rings. The molecular formula is C14H16FNO3. The third-order valence-corrected chi connectivity index (χ3v) is 2.91. The maximum Gasteiger partial charge on any atom is 0.331 e. The number of benzene rings is 1. The SMILES string of the molecule is CCN(C(=O)C(C)=C(C)C(=O)O)c1ccccc1F. The lowest BCUT2D eigenvalue weighted by molar-refractivity contribution is -0.133. The maximum atomic E-state index is 13.7. The summed E-state index contributed by atoms with van der Waals surface area (Å²) in [5.41, 5.74) is 0.199. The lowest BCUT2D eigenvalue weighted by Crippen LogP contribution is -2.32. The van der Waals surface area contributed by atoms with Crippen molar-refractivity contribution in [2.45, 2.75) is 20.8 Å². The van der Waals surface area contributed by atoms with Crippen LogP contribution in [0.1, 0.15) is 20.8 Å². The van der Waals surface area contributed by atoms with E-state index in [-0.39, 0.29) is 23.4 Å². The maximum absolute atomic E-state index is 13.7. The Hall–Kier alpha value is -2.17. The van der Waals surface area contributed by atoms with Crippen molar-refractivity contribution in [2.75, 3.05) is 11.4 Å². The van der Waals surface area contributed by atoms with E-state index in [0.29, 0.717) is 0 Å². The third kappa shape index (κ3) is 3.19. The van der Waals surface area contributed by atoms with E-state index in [2.05, 4.69) is 0 Å². The normalized spacial score (nSPS) is 11.8. The van der Waals surface area contributed by atoms with Crippen LogP contribution in [-0.4, -0.2) is 23.5 Å². The molecule has 0 bridgehead atoms. The molecular weight excluding hydrogens is 249 g/mol. The summed E-state index contributed by atoms with van der Waals surface area (Å²) in [7, 11) is 0. The van der Waals surface area contributed by atoms with Crippen molar-refractivity contribution in [1.82, 2.24) is 0 Å². The van der Waals surface area contributed by atoms with Crippen molar-refractivity contribution < 1.29 is 19.1 Å². The third-order valence-electron chi connectivity index (χ3n) is 2.91. The van der Waals surface area contributed by atoms with Gasteiger partial charge in [0.1, 0.15) is 5.82 Å². The van der Waals surface area contributed by atoms with Gasteiger partial charge < -0.3 is 10.0 Å². The highest BCUT2D eigenvalue weighted by Gasteiger charge is 2.21. The number of carboxylic acids is 1. The number of carbonyl (C=O) groups excluding carboxylic acids is 1. The second-order valence-electron chi connectivity index (χ2n) is 4.06. The molecule has 0 unspecified atom stereocenters. The molecule has 1 rings (SSSR count). The van der Waals surface area contributed by atoms with Gasteiger partial charge in [0.05, 0.1) is 5.69 Å². The van der Waals surface area contributed by atoms with Crippen molar-refractivity contribution in [3.05, 3.63) is 41.2 Å². The van der Waals surface area contributed by atoms with Crippen LogP contribution in [0.25, 0.3) is 0 Å². The number of aliphatic carboxylic acids is 1. The van der Waals surface area contributed by atoms with Crippen LogP contribution in [0.5, 0.6) is 0 Å². The first-order chi connectivity index (χ1) is 8.90. The minimum atomic E-state index is -1.16. The fourth-order valence-electron chi connectivity index (χ4n) is 1.62. The van der Waals surface area contributed by atoms with E-state index >= 15 is 0 Å². The minimum absolute atomic E-state index is 0.0419. The second-order valence-corrected chi connectivity index (χ2v) is 4.06. The molecule has 0 radical (unpaired) electrons. The largest absolute Gasteiger partial charge is 0.478 e. The van der Waals surface area contributed by atoms with Gasteiger partial charge in [0.25, 0.3) is 5.91 Å². The molecule has 0 saturated heterocycles. The summed E-state index contributed by atoms with van der Waals surface area (Å²) in [5.74, 6) is -2.18. The molecule has 0 aliphatic heterocycles. The van der Waals surface area contributed by atoms with Crippen LogP contribution in [-0.2, 0) is 9.59 Å². The fourth-order valence-corrected chi connectivity index (χ4v) is 1.62. The van der Waals surface area contributed by atoms with E-state index < -0.39 is 17.7 Å². The van der Waals surface area contributed by atoms with Crippen molar-refractivity contribution >= 4 is 17.6 Å². The van der Waals surface area contributed by atoms with Crippen LogP contribution < -0.4 is 4.90 Å². The molecule has 0 heterocycles. The highest BCUT2D eigenvalue weighted by molar-refractivity contribution is 6.09. The van der Waals surface area contributed by atoms with Gasteiger partial charge in [0.2, 0.25) is 0 Å².